The number of fused-ring (bicyclic) bond motifs is 2. The van der Waals surface area contributed by atoms with Crippen LogP contribution in [0.5, 0.6) is 0 Å². The maximum absolute atomic E-state index is 12.8. The molecule has 4 aliphatic carbocycles. The fourth-order valence-corrected chi connectivity index (χ4v) is 9.20. The van der Waals surface area contributed by atoms with E-state index in [0.29, 0.717) is 23.8 Å². The number of alkyl halides is 4. The van der Waals surface area contributed by atoms with E-state index in [1.165, 1.54) is 57.8 Å². The van der Waals surface area contributed by atoms with E-state index in [2.05, 4.69) is 38.0 Å². The Labute approximate surface area is 284 Å². The second-order valence-corrected chi connectivity index (χ2v) is 15.1. The van der Waals surface area contributed by atoms with Crippen molar-refractivity contribution in [2.45, 2.75) is 164 Å². The fraction of sp³-hybridized carbons (Fsp3) is 1.00. The van der Waals surface area contributed by atoms with E-state index >= 15 is 0 Å². The summed E-state index contributed by atoms with van der Waals surface area (Å²) >= 11 is 6.10. The fourth-order valence-electron chi connectivity index (χ4n) is 8.84. The zero-order valence-electron chi connectivity index (χ0n) is 26.9. The molecule has 4 saturated carbocycles. The summed E-state index contributed by atoms with van der Waals surface area (Å²) in [5, 5.41) is 43.9. The molecule has 0 aromatic carbocycles. The molecule has 2 heterocycles. The Hall–Kier alpha value is -0.257. The average molecular weight is 713 g/mol. The molecule has 6 fully saturated rings. The average Bonchev–Trinajstić information content (AvgIpc) is 3.00. The Morgan fingerprint density at radius 2 is 1.24 bits per heavy atom. The van der Waals surface area contributed by atoms with Crippen LogP contribution in [0.1, 0.15) is 110 Å². The number of aliphatic hydroxyl groups excluding tert-OH is 2. The first-order chi connectivity index (χ1) is 21.1. The van der Waals surface area contributed by atoms with Gasteiger partial charge in [-0.15, -0.1) is 11.6 Å². The van der Waals surface area contributed by atoms with Crippen LogP contribution >= 0.6 is 11.6 Å². The molecule has 0 radical (unpaired) electrons. The van der Waals surface area contributed by atoms with Crippen molar-refractivity contribution in [3.05, 3.63) is 0 Å². The number of halogens is 4. The summed E-state index contributed by atoms with van der Waals surface area (Å²) in [5.41, 5.74) is 0. The Morgan fingerprint density at radius 3 is 1.78 bits per heavy atom. The van der Waals surface area contributed by atoms with Crippen molar-refractivity contribution in [3.8, 4) is 0 Å². The van der Waals surface area contributed by atoms with Crippen molar-refractivity contribution in [2.75, 3.05) is 6.54 Å². The van der Waals surface area contributed by atoms with Crippen LogP contribution in [0, 0.1) is 29.6 Å². The second-order valence-electron chi connectivity index (χ2n) is 14.5. The van der Waals surface area contributed by atoms with E-state index in [9.17, 15) is 23.4 Å². The van der Waals surface area contributed by atoms with Gasteiger partial charge in [-0.25, -0.2) is 0 Å². The molecule has 6 aliphatic rings. The van der Waals surface area contributed by atoms with Crippen LogP contribution < -0.4 is 10.6 Å². The van der Waals surface area contributed by atoms with E-state index in [0.717, 1.165) is 44.4 Å². The van der Waals surface area contributed by atoms with E-state index in [1.54, 1.807) is 0 Å². The van der Waals surface area contributed by atoms with Gasteiger partial charge in [-0.2, -0.15) is 33.6 Å². The van der Waals surface area contributed by atoms with Crippen LogP contribution in [0.25, 0.3) is 0 Å². The van der Waals surface area contributed by atoms with Gasteiger partial charge in [-0.3, -0.25) is 10.6 Å². The number of piperidine rings is 2. The summed E-state index contributed by atoms with van der Waals surface area (Å²) in [5.74, 6) is 0.861. The quantitative estimate of drug-likeness (QED) is 0.141. The van der Waals surface area contributed by atoms with Crippen molar-refractivity contribution in [1.29, 1.82) is 0 Å². The predicted octanol–water partition coefficient (Wildman–Crippen LogP) is 7.13. The van der Waals surface area contributed by atoms with Gasteiger partial charge in [0.2, 0.25) is 0 Å². The minimum absolute atomic E-state index is 0. The molecule has 8 nitrogen and oxygen atoms in total. The summed E-state index contributed by atoms with van der Waals surface area (Å²) in [6.45, 7) is 2.03. The van der Waals surface area contributed by atoms with Crippen molar-refractivity contribution in [1.82, 2.24) is 10.6 Å². The minimum Gasteiger partial charge on any atom is -0.391 e. The summed E-state index contributed by atoms with van der Waals surface area (Å²) in [4.78, 5) is 0. The molecule has 2 saturated heterocycles. The van der Waals surface area contributed by atoms with E-state index in [4.69, 9.17) is 11.6 Å². The molecule has 13 atom stereocenters. The smallest absolute Gasteiger partial charge is 0.391 e. The van der Waals surface area contributed by atoms with Gasteiger partial charge in [-0.05, 0) is 94.8 Å². The molecular formula is C32H54ClF3N6O2Zn. The van der Waals surface area contributed by atoms with E-state index in [1.807, 2.05) is 0 Å². The molecule has 0 aromatic rings. The number of aliphatic hydroxyl groups is 2. The maximum atomic E-state index is 12.8. The van der Waals surface area contributed by atoms with Gasteiger partial charge in [0.15, 0.2) is 0 Å². The zero-order valence-corrected chi connectivity index (χ0v) is 30.7. The Balaban J connectivity index is 0.000000203. The number of hydrogen-bond donors (Lipinski definition) is 4. The van der Waals surface area contributed by atoms with Crippen molar-refractivity contribution < 1.29 is 42.9 Å². The predicted molar refractivity (Wildman–Crippen MR) is 164 cm³/mol. The van der Waals surface area contributed by atoms with Gasteiger partial charge in [-0.1, -0.05) is 38.5 Å². The SMILES string of the molecule is CC1CCCC(N=NC2C(O)CCC3CCCCC32)N1.OC1CCC2CCCCC2C1N=NC1NCC(C(F)(F)F)CC1Cl.[Zn]. The Bertz CT molecular complexity index is 966. The van der Waals surface area contributed by atoms with Crippen molar-refractivity contribution in [2.24, 2.45) is 50.0 Å². The molecule has 4 N–H and O–H groups in total. The number of nitrogens with one attached hydrogen (secondary N) is 2. The summed E-state index contributed by atoms with van der Waals surface area (Å²) in [6, 6.07) is 0.370. The van der Waals surface area contributed by atoms with Gasteiger partial charge in [0.05, 0.1) is 35.6 Å². The summed E-state index contributed by atoms with van der Waals surface area (Å²) in [6.07, 6.45) is 11.7. The summed E-state index contributed by atoms with van der Waals surface area (Å²) < 4.78 is 38.3. The first-order valence-corrected chi connectivity index (χ1v) is 17.9. The maximum Gasteiger partial charge on any atom is 0.393 e. The number of rotatable bonds is 4. The zero-order chi connectivity index (χ0) is 31.3. The number of nitrogens with zero attached hydrogens (tertiary/aromatic N) is 4. The largest absolute Gasteiger partial charge is 0.393 e. The Kier molecular flexibility index (Phi) is 14.5. The Morgan fingerprint density at radius 1 is 0.689 bits per heavy atom. The van der Waals surface area contributed by atoms with Crippen LogP contribution in [-0.4, -0.2) is 71.0 Å². The normalized spacial score (nSPS) is 44.3. The van der Waals surface area contributed by atoms with Crippen LogP contribution in [0.15, 0.2) is 20.5 Å². The number of azo groups is 2. The van der Waals surface area contributed by atoms with Crippen LogP contribution in [0.3, 0.4) is 0 Å². The monoisotopic (exact) mass is 710 g/mol. The van der Waals surface area contributed by atoms with Crippen LogP contribution in [0.2, 0.25) is 0 Å². The topological polar surface area (TPSA) is 114 Å². The molecule has 0 aromatic heterocycles. The van der Waals surface area contributed by atoms with Gasteiger partial charge in [0.1, 0.15) is 12.3 Å². The third kappa shape index (κ3) is 10.1. The molecule has 13 unspecified atom stereocenters. The standard InChI is InChI=1S/C16H25ClF3N3O.C16H29N3O.Zn/c17-12-7-10(16(18,19)20)8-21-15(12)23-22-14-11-4-2-1-3-9(11)5-6-13(14)24;1-11-5-4-8-15(17-11)18-19-16-13-7-3-2-6-12(13)9-10-14(16)20;/h9-15,21,24H,1-8H2;11-17,20H,2-10H2,1H3;. The van der Waals surface area contributed by atoms with Gasteiger partial charge < -0.3 is 10.2 Å². The first kappa shape index (κ1) is 37.6. The van der Waals surface area contributed by atoms with Gasteiger partial charge >= 0.3 is 6.18 Å². The molecule has 45 heavy (non-hydrogen) atoms. The molecule has 0 bridgehead atoms. The van der Waals surface area contributed by atoms with E-state index in [-0.39, 0.29) is 56.8 Å². The molecular weight excluding hydrogens is 658 g/mol. The second kappa shape index (κ2) is 17.4. The van der Waals surface area contributed by atoms with Gasteiger partial charge in [0.25, 0.3) is 0 Å². The van der Waals surface area contributed by atoms with E-state index < -0.39 is 29.7 Å². The molecule has 254 valence electrons. The molecule has 2 aliphatic heterocycles. The summed E-state index contributed by atoms with van der Waals surface area (Å²) in [7, 11) is 0. The van der Waals surface area contributed by atoms with Crippen LogP contribution in [0.4, 0.5) is 13.2 Å². The van der Waals surface area contributed by atoms with Crippen molar-refractivity contribution in [3.63, 3.8) is 0 Å². The minimum atomic E-state index is -4.24. The molecule has 0 amide bonds. The molecule has 13 heteroatoms. The molecule has 0 spiro atoms. The third-order valence-corrected chi connectivity index (χ3v) is 11.8. The van der Waals surface area contributed by atoms with Crippen LogP contribution in [-0.2, 0) is 19.5 Å². The molecule has 6 rings (SSSR count). The number of hydrogen-bond acceptors (Lipinski definition) is 8. The third-order valence-electron chi connectivity index (χ3n) is 11.4. The first-order valence-electron chi connectivity index (χ1n) is 17.5. The van der Waals surface area contributed by atoms with Crippen molar-refractivity contribution >= 4 is 11.6 Å². The van der Waals surface area contributed by atoms with Gasteiger partial charge in [0, 0.05) is 32.1 Å².